The SMILES string of the molecule is CC1(C)CC2C3=CCC4C5(C)CCC(OC6OC(C(=O)O)C(O)C(OC7OC(CO)C(O)C7O)C6O)C(C)(CO)C5CCC4(C)C3(C)CC(O)C2(CO)C(O)C1O. The topological polar surface area (TPSA) is 277 Å². The minimum absolute atomic E-state index is 0.0852. The van der Waals surface area contributed by atoms with E-state index in [4.69, 9.17) is 18.9 Å². The van der Waals surface area contributed by atoms with E-state index in [-0.39, 0.29) is 35.2 Å². The molecule has 0 aromatic rings. The highest BCUT2D eigenvalue weighted by Crippen LogP contribution is 2.76. The number of ether oxygens (including phenoxy) is 4. The summed E-state index contributed by atoms with van der Waals surface area (Å²) in [5, 5.41) is 120. The number of allylic oxidation sites excluding steroid dienone is 2. The van der Waals surface area contributed by atoms with E-state index in [1.165, 1.54) is 0 Å². The van der Waals surface area contributed by atoms with Crippen LogP contribution in [0.1, 0.15) is 86.5 Å². The molecule has 2 aliphatic heterocycles. The number of aliphatic hydroxyl groups is 10. The van der Waals surface area contributed by atoms with Gasteiger partial charge in [-0.05, 0) is 84.4 Å². The zero-order chi connectivity index (χ0) is 42.0. The van der Waals surface area contributed by atoms with Gasteiger partial charge in [-0.2, -0.15) is 0 Å². The molecule has 326 valence electrons. The summed E-state index contributed by atoms with van der Waals surface area (Å²) >= 11 is 0. The largest absolute Gasteiger partial charge is 0.479 e. The number of fused-ring (bicyclic) bond motifs is 7. The standard InChI is InChI=1S/C41H66O16/c1-36(2)13-19-18-7-8-22-37(3)11-10-24(55-35-28(49)29(27(48)30(57-35)33(52)53)56-34-26(47)25(46)20(15-42)54-34)38(4,16-43)21(37)9-12-39(22,5)40(18,6)14-23(45)41(19,17-44)32(51)31(36)50/h7,19-32,34-35,42-51H,8-17H2,1-6H3,(H,52,53). The Bertz CT molecular complexity index is 1560. The molecule has 2 saturated heterocycles. The van der Waals surface area contributed by atoms with Crippen LogP contribution in [-0.2, 0) is 23.7 Å². The smallest absolute Gasteiger partial charge is 0.335 e. The molecule has 2 heterocycles. The molecule has 0 amide bonds. The Labute approximate surface area is 333 Å². The van der Waals surface area contributed by atoms with Gasteiger partial charge in [0.2, 0.25) is 0 Å². The molecule has 21 atom stereocenters. The van der Waals surface area contributed by atoms with Gasteiger partial charge in [0.1, 0.15) is 36.6 Å². The van der Waals surface area contributed by atoms with Gasteiger partial charge in [-0.15, -0.1) is 0 Å². The summed E-state index contributed by atoms with van der Waals surface area (Å²) in [6.07, 6.45) is -13.1. The van der Waals surface area contributed by atoms with Crippen molar-refractivity contribution >= 4 is 5.97 Å². The summed E-state index contributed by atoms with van der Waals surface area (Å²) in [5.41, 5.74) is -2.96. The van der Waals surface area contributed by atoms with Crippen molar-refractivity contribution in [3.05, 3.63) is 11.6 Å². The fraction of sp³-hybridized carbons (Fsp3) is 0.927. The number of aliphatic hydroxyl groups excluding tert-OH is 10. The molecule has 0 aromatic heterocycles. The summed E-state index contributed by atoms with van der Waals surface area (Å²) in [6.45, 7) is 11.1. The Hall–Kier alpha value is -1.35. The minimum Gasteiger partial charge on any atom is -0.479 e. The van der Waals surface area contributed by atoms with E-state index in [1.807, 2.05) is 20.8 Å². The predicted octanol–water partition coefficient (Wildman–Crippen LogP) is -0.594. The predicted molar refractivity (Wildman–Crippen MR) is 198 cm³/mol. The van der Waals surface area contributed by atoms with Crippen LogP contribution in [0.25, 0.3) is 0 Å². The first-order valence-electron chi connectivity index (χ1n) is 20.7. The van der Waals surface area contributed by atoms with E-state index in [0.717, 1.165) is 12.0 Å². The number of hydrogen-bond acceptors (Lipinski definition) is 15. The summed E-state index contributed by atoms with van der Waals surface area (Å²) in [6, 6.07) is 0. The van der Waals surface area contributed by atoms with Crippen molar-refractivity contribution in [3.63, 3.8) is 0 Å². The van der Waals surface area contributed by atoms with Crippen LogP contribution in [0.2, 0.25) is 0 Å². The molecule has 16 nitrogen and oxygen atoms in total. The first kappa shape index (κ1) is 43.7. The summed E-state index contributed by atoms with van der Waals surface area (Å²) in [5.74, 6) is -1.95. The van der Waals surface area contributed by atoms with Crippen molar-refractivity contribution in [2.24, 2.45) is 50.2 Å². The molecule has 7 aliphatic rings. The van der Waals surface area contributed by atoms with Crippen molar-refractivity contribution in [1.29, 1.82) is 0 Å². The maximum atomic E-state index is 12.3. The number of carbonyl (C=O) groups is 1. The zero-order valence-corrected chi connectivity index (χ0v) is 33.8. The molecule has 21 unspecified atom stereocenters. The fourth-order valence-electron chi connectivity index (χ4n) is 13.7. The van der Waals surface area contributed by atoms with Gasteiger partial charge in [-0.3, -0.25) is 0 Å². The molecule has 0 radical (unpaired) electrons. The van der Waals surface area contributed by atoms with E-state index >= 15 is 0 Å². The normalized spacial score (nSPS) is 55.8. The van der Waals surface area contributed by atoms with Crippen LogP contribution in [0.3, 0.4) is 0 Å². The van der Waals surface area contributed by atoms with E-state index < -0.39 is 121 Å². The lowest BCUT2D eigenvalue weighted by atomic mass is 9.33. The molecule has 7 rings (SSSR count). The summed E-state index contributed by atoms with van der Waals surface area (Å²) < 4.78 is 23.2. The Kier molecular flexibility index (Phi) is 11.2. The average molecular weight is 815 g/mol. The summed E-state index contributed by atoms with van der Waals surface area (Å²) in [4.78, 5) is 12.3. The van der Waals surface area contributed by atoms with Crippen LogP contribution < -0.4 is 0 Å². The lowest BCUT2D eigenvalue weighted by Crippen LogP contribution is -2.71. The van der Waals surface area contributed by atoms with Crippen LogP contribution in [0, 0.1) is 50.2 Å². The number of carboxylic acids is 1. The molecule has 0 spiro atoms. The highest BCUT2D eigenvalue weighted by Gasteiger charge is 2.72. The number of rotatable bonds is 8. The molecule has 0 bridgehead atoms. The van der Waals surface area contributed by atoms with Gasteiger partial charge < -0.3 is 75.1 Å². The quantitative estimate of drug-likeness (QED) is 0.108. The molecular weight excluding hydrogens is 748 g/mol. The number of carboxylic acid groups (broad SMARTS) is 1. The Morgan fingerprint density at radius 3 is 2.04 bits per heavy atom. The Balaban J connectivity index is 1.16. The van der Waals surface area contributed by atoms with Crippen LogP contribution in [0.5, 0.6) is 0 Å². The monoisotopic (exact) mass is 814 g/mol. The van der Waals surface area contributed by atoms with Gasteiger partial charge in [-0.1, -0.05) is 53.2 Å². The van der Waals surface area contributed by atoms with E-state index in [0.29, 0.717) is 38.5 Å². The van der Waals surface area contributed by atoms with Gasteiger partial charge in [0.05, 0.1) is 49.7 Å². The molecule has 57 heavy (non-hydrogen) atoms. The molecule has 5 aliphatic carbocycles. The molecule has 4 saturated carbocycles. The lowest BCUT2D eigenvalue weighted by Gasteiger charge is -2.72. The van der Waals surface area contributed by atoms with E-state index in [1.54, 1.807) is 0 Å². The molecule has 11 N–H and O–H groups in total. The van der Waals surface area contributed by atoms with Crippen molar-refractivity contribution in [1.82, 2.24) is 0 Å². The third kappa shape index (κ3) is 6.02. The van der Waals surface area contributed by atoms with Crippen LogP contribution in [0.4, 0.5) is 0 Å². The van der Waals surface area contributed by atoms with E-state index in [9.17, 15) is 61.0 Å². The maximum Gasteiger partial charge on any atom is 0.335 e. The number of hydrogen-bond donors (Lipinski definition) is 11. The van der Waals surface area contributed by atoms with Crippen molar-refractivity contribution in [2.75, 3.05) is 19.8 Å². The van der Waals surface area contributed by atoms with Crippen LogP contribution >= 0.6 is 0 Å². The third-order valence-corrected chi connectivity index (χ3v) is 17.4. The second-order valence-electron chi connectivity index (χ2n) is 20.3. The molecule has 0 aromatic carbocycles. The molecule has 6 fully saturated rings. The Morgan fingerprint density at radius 1 is 0.772 bits per heavy atom. The van der Waals surface area contributed by atoms with Gasteiger partial charge in [0, 0.05) is 5.41 Å². The highest BCUT2D eigenvalue weighted by atomic mass is 16.7. The second-order valence-corrected chi connectivity index (χ2v) is 20.3. The van der Waals surface area contributed by atoms with Crippen molar-refractivity contribution < 1.29 is 79.9 Å². The van der Waals surface area contributed by atoms with Crippen LogP contribution in [-0.4, -0.2) is 162 Å². The second kappa shape index (κ2) is 14.6. The first-order chi connectivity index (χ1) is 26.5. The van der Waals surface area contributed by atoms with Gasteiger partial charge in [-0.25, -0.2) is 4.79 Å². The first-order valence-corrected chi connectivity index (χ1v) is 20.7. The minimum atomic E-state index is -1.94. The third-order valence-electron chi connectivity index (χ3n) is 17.4. The van der Waals surface area contributed by atoms with Gasteiger partial charge >= 0.3 is 5.97 Å². The zero-order valence-electron chi connectivity index (χ0n) is 33.8. The average Bonchev–Trinajstić information content (AvgIpc) is 3.42. The maximum absolute atomic E-state index is 12.3. The van der Waals surface area contributed by atoms with Gasteiger partial charge in [0.15, 0.2) is 18.7 Å². The fourth-order valence-corrected chi connectivity index (χ4v) is 13.7. The van der Waals surface area contributed by atoms with Gasteiger partial charge in [0.25, 0.3) is 0 Å². The molecule has 16 heteroatoms. The highest BCUT2D eigenvalue weighted by molar-refractivity contribution is 5.73. The lowest BCUT2D eigenvalue weighted by molar-refractivity contribution is -0.346. The van der Waals surface area contributed by atoms with Crippen molar-refractivity contribution in [2.45, 2.75) is 166 Å². The van der Waals surface area contributed by atoms with Crippen LogP contribution in [0.15, 0.2) is 11.6 Å². The van der Waals surface area contributed by atoms with Crippen molar-refractivity contribution in [3.8, 4) is 0 Å². The van der Waals surface area contributed by atoms with E-state index in [2.05, 4.69) is 26.8 Å². The Morgan fingerprint density at radius 2 is 1.44 bits per heavy atom. The summed E-state index contributed by atoms with van der Waals surface area (Å²) in [7, 11) is 0. The molecular formula is C41H66O16. The number of aliphatic carboxylic acids is 1.